The predicted octanol–water partition coefficient (Wildman–Crippen LogP) is 4.76. The van der Waals surface area contributed by atoms with E-state index in [0.717, 1.165) is 64.5 Å². The van der Waals surface area contributed by atoms with Crippen molar-refractivity contribution in [2.24, 2.45) is 0 Å². The first-order chi connectivity index (χ1) is 20.5. The Morgan fingerprint density at radius 3 is 2.62 bits per heavy atom. The first kappa shape index (κ1) is 27.4. The lowest BCUT2D eigenvalue weighted by Crippen LogP contribution is -2.50. The van der Waals surface area contributed by atoms with Gasteiger partial charge in [-0.3, -0.25) is 4.79 Å². The minimum absolute atomic E-state index is 0.0345. The quantitative estimate of drug-likeness (QED) is 0.169. The van der Waals surface area contributed by atoms with E-state index < -0.39 is 6.10 Å². The molecule has 8 nitrogen and oxygen atoms in total. The van der Waals surface area contributed by atoms with E-state index in [9.17, 15) is 14.7 Å². The number of unbranched alkanes of at least 4 members (excludes halogenated alkanes) is 1. The van der Waals surface area contributed by atoms with Crippen LogP contribution in [0, 0.1) is 12.3 Å². The zero-order valence-corrected chi connectivity index (χ0v) is 23.4. The minimum Gasteiger partial charge on any atom is -0.393 e. The Kier molecular flexibility index (Phi) is 7.60. The molecule has 1 aliphatic carbocycles. The molecule has 5 aromatic rings. The fourth-order valence-corrected chi connectivity index (χ4v) is 5.92. The van der Waals surface area contributed by atoms with Gasteiger partial charge in [-0.05, 0) is 67.9 Å². The summed E-state index contributed by atoms with van der Waals surface area (Å²) < 4.78 is 1.51. The van der Waals surface area contributed by atoms with Gasteiger partial charge in [0.15, 0.2) is 5.65 Å². The number of hydrogen-bond acceptors (Lipinski definition) is 4. The van der Waals surface area contributed by atoms with Gasteiger partial charge in [-0.15, -0.1) is 12.3 Å². The van der Waals surface area contributed by atoms with Crippen LogP contribution < -0.4 is 16.0 Å². The van der Waals surface area contributed by atoms with E-state index in [1.165, 1.54) is 4.40 Å². The molecule has 0 radical (unpaired) electrons. The van der Waals surface area contributed by atoms with E-state index in [4.69, 9.17) is 6.42 Å². The molecule has 0 spiro atoms. The molecule has 0 saturated heterocycles. The average molecular weight is 561 g/mol. The van der Waals surface area contributed by atoms with Crippen molar-refractivity contribution in [3.8, 4) is 34.7 Å². The number of carbonyl (C=O) groups excluding carboxylic acids is 1. The normalized spacial score (nSPS) is 14.8. The third-order valence-electron chi connectivity index (χ3n) is 8.40. The lowest BCUT2D eigenvalue weighted by atomic mass is 9.71. The summed E-state index contributed by atoms with van der Waals surface area (Å²) in [6.07, 6.45) is 12.1. The SMILES string of the molecule is C#CCCCC(O)CCC(=O)NC1(c2ccc(-c3[nH+]c4ccn5c(=O)[nH]nc5c4cc3-c3ccccc3)cc2)CCC1. The number of fused-ring (bicyclic) bond motifs is 3. The summed E-state index contributed by atoms with van der Waals surface area (Å²) in [6.45, 7) is 0. The number of aromatic nitrogens is 4. The Morgan fingerprint density at radius 1 is 1.12 bits per heavy atom. The van der Waals surface area contributed by atoms with Crippen molar-refractivity contribution in [3.63, 3.8) is 0 Å². The highest BCUT2D eigenvalue weighted by Crippen LogP contribution is 2.42. The summed E-state index contributed by atoms with van der Waals surface area (Å²) >= 11 is 0. The Balaban J connectivity index is 1.28. The summed E-state index contributed by atoms with van der Waals surface area (Å²) in [6, 6.07) is 22.5. The first-order valence-corrected chi connectivity index (χ1v) is 14.5. The molecule has 8 heteroatoms. The number of H-pyrrole nitrogens is 2. The van der Waals surface area contributed by atoms with Crippen molar-refractivity contribution in [1.82, 2.24) is 19.9 Å². The van der Waals surface area contributed by atoms with Crippen LogP contribution in [0.1, 0.15) is 56.9 Å². The standard InChI is InChI=1S/C34H33N5O3/c1-2-3-5-11-26(40)16-17-30(41)36-34(19-8-20-34)25-14-12-24(13-15-25)31-27(23-9-6-4-7-10-23)22-28-29(35-31)18-21-39-32(28)37-38-33(39)42/h1,4,6-7,9-10,12-15,18,21-22,26,40H,3,5,8,11,16-17,19-20H2,(H,36,41)(H,38,42)/p+1. The van der Waals surface area contributed by atoms with Crippen LogP contribution in [0.15, 0.2) is 77.7 Å². The number of aromatic amines is 2. The van der Waals surface area contributed by atoms with Gasteiger partial charge in [0.25, 0.3) is 0 Å². The van der Waals surface area contributed by atoms with Crippen LogP contribution in [-0.2, 0) is 10.3 Å². The summed E-state index contributed by atoms with van der Waals surface area (Å²) in [5.74, 6) is 2.55. The van der Waals surface area contributed by atoms with Gasteiger partial charge >= 0.3 is 5.69 Å². The molecular formula is C34H34N5O3+. The van der Waals surface area contributed by atoms with Gasteiger partial charge in [0.1, 0.15) is 0 Å². The van der Waals surface area contributed by atoms with Gasteiger partial charge in [-0.1, -0.05) is 42.5 Å². The molecule has 6 rings (SSSR count). The van der Waals surface area contributed by atoms with Gasteiger partial charge < -0.3 is 10.4 Å². The lowest BCUT2D eigenvalue weighted by Gasteiger charge is -2.43. The first-order valence-electron chi connectivity index (χ1n) is 14.5. The van der Waals surface area contributed by atoms with Crippen molar-refractivity contribution in [2.75, 3.05) is 0 Å². The number of hydrogen-bond donors (Lipinski definition) is 3. The van der Waals surface area contributed by atoms with Crippen molar-refractivity contribution >= 4 is 22.5 Å². The lowest BCUT2D eigenvalue weighted by molar-refractivity contribution is -0.330. The highest BCUT2D eigenvalue weighted by atomic mass is 16.3. The molecule has 1 atom stereocenters. The maximum absolute atomic E-state index is 12.9. The van der Waals surface area contributed by atoms with Gasteiger partial charge in [-0.2, -0.15) is 5.10 Å². The van der Waals surface area contributed by atoms with Crippen molar-refractivity contribution in [2.45, 2.75) is 63.0 Å². The summed E-state index contributed by atoms with van der Waals surface area (Å²) in [5.41, 5.74) is 5.85. The number of pyridine rings is 2. The fourth-order valence-electron chi connectivity index (χ4n) is 5.92. The summed E-state index contributed by atoms with van der Waals surface area (Å²) in [7, 11) is 0. The third kappa shape index (κ3) is 5.31. The maximum atomic E-state index is 12.9. The Morgan fingerprint density at radius 2 is 1.90 bits per heavy atom. The van der Waals surface area contributed by atoms with Crippen LogP contribution in [0.25, 0.3) is 38.9 Å². The van der Waals surface area contributed by atoms with E-state index in [1.807, 2.05) is 24.3 Å². The Labute approximate surface area is 243 Å². The van der Waals surface area contributed by atoms with Gasteiger partial charge in [0.05, 0.1) is 22.6 Å². The number of amides is 1. The van der Waals surface area contributed by atoms with Gasteiger partial charge in [0, 0.05) is 30.7 Å². The molecule has 3 aromatic heterocycles. The molecule has 42 heavy (non-hydrogen) atoms. The van der Waals surface area contributed by atoms with E-state index >= 15 is 0 Å². The number of nitrogens with zero attached hydrogens (tertiary/aromatic N) is 2. The second-order valence-electron chi connectivity index (χ2n) is 11.1. The number of nitrogens with one attached hydrogen (secondary N) is 3. The second-order valence-corrected chi connectivity index (χ2v) is 11.1. The molecule has 2 aromatic carbocycles. The van der Waals surface area contributed by atoms with Crippen molar-refractivity contribution < 1.29 is 14.9 Å². The fraction of sp³-hybridized carbons (Fsp3) is 0.294. The molecule has 1 unspecified atom stereocenters. The van der Waals surface area contributed by atoms with E-state index in [0.29, 0.717) is 31.3 Å². The zero-order valence-electron chi connectivity index (χ0n) is 23.4. The molecular weight excluding hydrogens is 526 g/mol. The predicted molar refractivity (Wildman–Crippen MR) is 162 cm³/mol. The largest absolute Gasteiger partial charge is 0.393 e. The molecule has 4 N–H and O–H groups in total. The summed E-state index contributed by atoms with van der Waals surface area (Å²) in [4.78, 5) is 28.7. The number of aliphatic hydroxyl groups excluding tert-OH is 1. The molecule has 3 heterocycles. The molecule has 0 aliphatic heterocycles. The molecule has 1 fully saturated rings. The smallest absolute Gasteiger partial charge is 0.347 e. The minimum atomic E-state index is -0.511. The number of terminal acetylenes is 1. The summed E-state index contributed by atoms with van der Waals surface area (Å²) in [5, 5.41) is 21.1. The topological polar surface area (TPSA) is 114 Å². The number of aliphatic hydroxyl groups is 1. The van der Waals surface area contributed by atoms with Crippen LogP contribution in [0.5, 0.6) is 0 Å². The molecule has 0 bridgehead atoms. The van der Waals surface area contributed by atoms with Crippen LogP contribution in [0.2, 0.25) is 0 Å². The maximum Gasteiger partial charge on any atom is 0.347 e. The Bertz CT molecular complexity index is 1830. The van der Waals surface area contributed by atoms with E-state index in [-0.39, 0.29) is 17.1 Å². The third-order valence-corrected chi connectivity index (χ3v) is 8.40. The van der Waals surface area contributed by atoms with Crippen LogP contribution >= 0.6 is 0 Å². The van der Waals surface area contributed by atoms with Crippen LogP contribution in [0.3, 0.4) is 0 Å². The number of benzene rings is 2. The zero-order chi connectivity index (χ0) is 29.1. The average Bonchev–Trinajstić information content (AvgIpc) is 3.39. The number of rotatable bonds is 10. The molecule has 1 aliphatic rings. The van der Waals surface area contributed by atoms with Gasteiger partial charge in [-0.25, -0.2) is 19.3 Å². The van der Waals surface area contributed by atoms with Crippen LogP contribution in [0.4, 0.5) is 0 Å². The van der Waals surface area contributed by atoms with E-state index in [2.05, 4.69) is 68.9 Å². The highest BCUT2D eigenvalue weighted by Gasteiger charge is 2.40. The van der Waals surface area contributed by atoms with Crippen molar-refractivity contribution in [1.29, 1.82) is 0 Å². The van der Waals surface area contributed by atoms with Crippen molar-refractivity contribution in [3.05, 3.63) is 89.0 Å². The molecule has 212 valence electrons. The van der Waals surface area contributed by atoms with E-state index in [1.54, 1.807) is 6.20 Å². The van der Waals surface area contributed by atoms with Gasteiger partial charge in [0.2, 0.25) is 17.1 Å². The molecule has 1 saturated carbocycles. The number of carbonyl (C=O) groups is 1. The highest BCUT2D eigenvalue weighted by molar-refractivity contribution is 5.95. The second kappa shape index (κ2) is 11.6. The Hall–Kier alpha value is -4.74. The monoisotopic (exact) mass is 560 g/mol. The molecule has 1 amide bonds. The van der Waals surface area contributed by atoms with Crippen LogP contribution in [-0.4, -0.2) is 31.7 Å².